The van der Waals surface area contributed by atoms with Crippen molar-refractivity contribution in [1.82, 2.24) is 4.98 Å². The number of anilines is 1. The van der Waals surface area contributed by atoms with Gasteiger partial charge in [0.25, 0.3) is 0 Å². The fraction of sp³-hybridized carbons (Fsp3) is 0.100. The Morgan fingerprint density at radius 2 is 1.88 bits per heavy atom. The van der Waals surface area contributed by atoms with Gasteiger partial charge in [-0.2, -0.15) is 13.2 Å². The Kier molecular flexibility index (Phi) is 2.42. The van der Waals surface area contributed by atoms with E-state index in [1.165, 1.54) is 12.1 Å². The van der Waals surface area contributed by atoms with Gasteiger partial charge in [-0.3, -0.25) is 0 Å². The lowest BCUT2D eigenvalue weighted by Crippen LogP contribution is -2.04. The van der Waals surface area contributed by atoms with E-state index >= 15 is 0 Å². The molecule has 0 aliphatic rings. The van der Waals surface area contributed by atoms with Crippen molar-refractivity contribution >= 4 is 28.2 Å². The number of nitrogens with two attached hydrogens (primary N) is 1. The van der Waals surface area contributed by atoms with E-state index in [0.29, 0.717) is 10.9 Å². The number of alkyl halides is 3. The van der Waals surface area contributed by atoms with Gasteiger partial charge in [0.1, 0.15) is 0 Å². The van der Waals surface area contributed by atoms with Crippen molar-refractivity contribution in [2.75, 3.05) is 5.73 Å². The molecule has 6 heteroatoms. The van der Waals surface area contributed by atoms with Crippen molar-refractivity contribution in [2.24, 2.45) is 0 Å². The summed E-state index contributed by atoms with van der Waals surface area (Å²) in [5.41, 5.74) is 5.28. The number of aromatic nitrogens is 1. The fourth-order valence-corrected chi connectivity index (χ4v) is 1.49. The van der Waals surface area contributed by atoms with E-state index in [0.717, 1.165) is 12.1 Å². The van der Waals surface area contributed by atoms with Gasteiger partial charge in [0.2, 0.25) is 0 Å². The number of rotatable bonds is 0. The Bertz CT molecular complexity index is 551. The van der Waals surface area contributed by atoms with E-state index in [2.05, 4.69) is 4.98 Å². The lowest BCUT2D eigenvalue weighted by atomic mass is 10.1. The van der Waals surface area contributed by atoms with E-state index in [9.17, 15) is 13.2 Å². The van der Waals surface area contributed by atoms with Crippen LogP contribution in [-0.4, -0.2) is 4.98 Å². The van der Waals surface area contributed by atoms with Crippen LogP contribution in [0.5, 0.6) is 0 Å². The molecule has 0 atom stereocenters. The molecule has 1 aromatic heterocycles. The van der Waals surface area contributed by atoms with Crippen LogP contribution >= 0.6 is 11.6 Å². The van der Waals surface area contributed by atoms with Crippen molar-refractivity contribution in [3.63, 3.8) is 0 Å². The van der Waals surface area contributed by atoms with Crippen LogP contribution in [0.4, 0.5) is 18.9 Å². The lowest BCUT2D eigenvalue weighted by molar-refractivity contribution is -0.137. The standard InChI is InChI=1S/C10H6ClF3N2/c11-9-7(15)4-5-3-6(10(12,13)14)1-2-8(5)16-9/h1-4H,15H2. The monoisotopic (exact) mass is 246 g/mol. The normalized spacial score (nSPS) is 12.0. The van der Waals surface area contributed by atoms with Gasteiger partial charge in [-0.1, -0.05) is 11.6 Å². The molecule has 1 heterocycles. The van der Waals surface area contributed by atoms with Gasteiger partial charge in [0.15, 0.2) is 5.15 Å². The van der Waals surface area contributed by atoms with E-state index in [4.69, 9.17) is 17.3 Å². The number of pyridine rings is 1. The zero-order chi connectivity index (χ0) is 11.9. The maximum atomic E-state index is 12.4. The molecule has 0 unspecified atom stereocenters. The maximum absolute atomic E-state index is 12.4. The van der Waals surface area contributed by atoms with E-state index in [1.54, 1.807) is 0 Å². The van der Waals surface area contributed by atoms with Gasteiger partial charge in [0, 0.05) is 5.39 Å². The SMILES string of the molecule is Nc1cc2cc(C(F)(F)F)ccc2nc1Cl. The minimum absolute atomic E-state index is 0.0901. The largest absolute Gasteiger partial charge is 0.416 e. The first-order chi connectivity index (χ1) is 7.38. The van der Waals surface area contributed by atoms with Crippen LogP contribution < -0.4 is 5.73 Å². The molecule has 0 amide bonds. The first-order valence-electron chi connectivity index (χ1n) is 4.31. The molecule has 0 aliphatic heterocycles. The molecular formula is C10H6ClF3N2. The van der Waals surface area contributed by atoms with Gasteiger partial charge in [-0.05, 0) is 24.3 Å². The van der Waals surface area contributed by atoms with Crippen LogP contribution in [0.15, 0.2) is 24.3 Å². The van der Waals surface area contributed by atoms with Crippen LogP contribution in [0, 0.1) is 0 Å². The smallest absolute Gasteiger partial charge is 0.396 e. The number of hydrogen-bond acceptors (Lipinski definition) is 2. The summed E-state index contributed by atoms with van der Waals surface area (Å²) in [5, 5.41) is 0.406. The van der Waals surface area contributed by atoms with Crippen molar-refractivity contribution in [3.05, 3.63) is 35.0 Å². The highest BCUT2D eigenvalue weighted by Gasteiger charge is 2.30. The number of fused-ring (bicyclic) bond motifs is 1. The van der Waals surface area contributed by atoms with Crippen LogP contribution in [0.1, 0.15) is 5.56 Å². The predicted octanol–water partition coefficient (Wildman–Crippen LogP) is 3.49. The third kappa shape index (κ3) is 1.90. The molecule has 0 saturated carbocycles. The number of nitrogens with zero attached hydrogens (tertiary/aromatic N) is 1. The van der Waals surface area contributed by atoms with Crippen LogP contribution in [-0.2, 0) is 6.18 Å². The quantitative estimate of drug-likeness (QED) is 0.723. The molecule has 2 nitrogen and oxygen atoms in total. The van der Waals surface area contributed by atoms with Crippen LogP contribution in [0.25, 0.3) is 10.9 Å². The first-order valence-corrected chi connectivity index (χ1v) is 4.69. The van der Waals surface area contributed by atoms with Crippen molar-refractivity contribution in [3.8, 4) is 0 Å². The Morgan fingerprint density at radius 1 is 1.19 bits per heavy atom. The summed E-state index contributed by atoms with van der Waals surface area (Å²) < 4.78 is 37.3. The molecule has 0 bridgehead atoms. The van der Waals surface area contributed by atoms with Gasteiger partial charge in [-0.25, -0.2) is 4.98 Å². The van der Waals surface area contributed by atoms with E-state index < -0.39 is 11.7 Å². The Morgan fingerprint density at radius 3 is 2.50 bits per heavy atom. The molecule has 0 saturated heterocycles. The highest BCUT2D eigenvalue weighted by atomic mass is 35.5. The Labute approximate surface area is 93.8 Å². The van der Waals surface area contributed by atoms with Crippen LogP contribution in [0.3, 0.4) is 0 Å². The molecule has 0 aliphatic carbocycles. The van der Waals surface area contributed by atoms with Crippen LogP contribution in [0.2, 0.25) is 5.15 Å². The molecule has 1 aromatic carbocycles. The van der Waals surface area contributed by atoms with Crippen molar-refractivity contribution in [1.29, 1.82) is 0 Å². The van der Waals surface area contributed by atoms with Gasteiger partial charge >= 0.3 is 6.18 Å². The second-order valence-electron chi connectivity index (χ2n) is 3.27. The minimum Gasteiger partial charge on any atom is -0.396 e. The van der Waals surface area contributed by atoms with E-state index in [1.807, 2.05) is 0 Å². The summed E-state index contributed by atoms with van der Waals surface area (Å²) in [7, 11) is 0. The molecule has 2 N–H and O–H groups in total. The van der Waals surface area contributed by atoms with Crippen molar-refractivity contribution < 1.29 is 13.2 Å². The summed E-state index contributed by atoms with van der Waals surface area (Å²) in [6, 6.07) is 4.60. The molecule has 0 fully saturated rings. The summed E-state index contributed by atoms with van der Waals surface area (Å²) in [5.74, 6) is 0. The molecule has 0 spiro atoms. The Balaban J connectivity index is 2.67. The summed E-state index contributed by atoms with van der Waals surface area (Å²) in [6.45, 7) is 0. The maximum Gasteiger partial charge on any atom is 0.416 e. The highest BCUT2D eigenvalue weighted by Crippen LogP contribution is 2.32. The average molecular weight is 247 g/mol. The second kappa shape index (κ2) is 3.52. The number of benzene rings is 1. The second-order valence-corrected chi connectivity index (χ2v) is 3.63. The summed E-state index contributed by atoms with van der Waals surface area (Å²) in [6.07, 6.45) is -4.37. The highest BCUT2D eigenvalue weighted by molar-refractivity contribution is 6.32. The predicted molar refractivity (Wildman–Crippen MR) is 56.2 cm³/mol. The Hall–Kier alpha value is -1.49. The topological polar surface area (TPSA) is 38.9 Å². The molecule has 0 radical (unpaired) electrons. The zero-order valence-electron chi connectivity index (χ0n) is 7.85. The number of nitrogen functional groups attached to an aromatic ring is 1. The van der Waals surface area contributed by atoms with Gasteiger partial charge in [-0.15, -0.1) is 0 Å². The number of hydrogen-bond donors (Lipinski definition) is 1. The third-order valence-electron chi connectivity index (χ3n) is 2.12. The summed E-state index contributed by atoms with van der Waals surface area (Å²) >= 11 is 5.66. The zero-order valence-corrected chi connectivity index (χ0v) is 8.60. The van der Waals surface area contributed by atoms with Gasteiger partial charge < -0.3 is 5.73 Å². The molecular weight excluding hydrogens is 241 g/mol. The average Bonchev–Trinajstić information content (AvgIpc) is 2.17. The van der Waals surface area contributed by atoms with Gasteiger partial charge in [0.05, 0.1) is 16.8 Å². The first kappa shape index (κ1) is 11.0. The minimum atomic E-state index is -4.37. The van der Waals surface area contributed by atoms with Crippen molar-refractivity contribution in [2.45, 2.75) is 6.18 Å². The molecule has 2 aromatic rings. The summed E-state index contributed by atoms with van der Waals surface area (Å²) in [4.78, 5) is 3.87. The lowest BCUT2D eigenvalue weighted by Gasteiger charge is -2.08. The molecule has 16 heavy (non-hydrogen) atoms. The fourth-order valence-electron chi connectivity index (χ4n) is 1.35. The number of halogens is 4. The molecule has 2 rings (SSSR count). The van der Waals surface area contributed by atoms with E-state index in [-0.39, 0.29) is 10.8 Å². The third-order valence-corrected chi connectivity index (χ3v) is 2.43. The molecule has 84 valence electrons.